The lowest BCUT2D eigenvalue weighted by Crippen LogP contribution is -2.43. The van der Waals surface area contributed by atoms with Crippen molar-refractivity contribution in [1.82, 2.24) is 0 Å². The zero-order valence-corrected chi connectivity index (χ0v) is 9.06. The molecular weight excluding hydrogens is 272 g/mol. The van der Waals surface area contributed by atoms with Gasteiger partial charge in [-0.2, -0.15) is 0 Å². The number of carbonyl (C=O) groups is 5. The molecule has 19 heavy (non-hydrogen) atoms. The minimum Gasteiger partial charge on any atom is -0.479 e. The molecule has 0 fully saturated rings. The highest BCUT2D eigenvalue weighted by Crippen LogP contribution is 2.18. The van der Waals surface area contributed by atoms with E-state index in [2.05, 4.69) is 9.47 Å². The molecule has 0 amide bonds. The average molecular weight is 280 g/mol. The Labute approximate surface area is 104 Å². The lowest BCUT2D eigenvalue weighted by Gasteiger charge is -2.20. The molecule has 0 unspecified atom stereocenters. The van der Waals surface area contributed by atoms with Crippen LogP contribution in [0.1, 0.15) is 12.8 Å². The Kier molecular flexibility index (Phi) is 5.41. The van der Waals surface area contributed by atoms with Crippen molar-refractivity contribution in [1.29, 1.82) is 0 Å². The van der Waals surface area contributed by atoms with Gasteiger partial charge in [-0.3, -0.25) is 9.59 Å². The maximum atomic E-state index is 10.9. The quantitative estimate of drug-likeness (QED) is 0.358. The van der Waals surface area contributed by atoms with Gasteiger partial charge in [0.05, 0.1) is 12.8 Å². The van der Waals surface area contributed by atoms with Gasteiger partial charge < -0.3 is 29.9 Å². The van der Waals surface area contributed by atoms with E-state index in [0.717, 1.165) is 0 Å². The number of esters is 2. The summed E-state index contributed by atoms with van der Waals surface area (Å²) in [5.41, 5.74) is -3.04. The van der Waals surface area contributed by atoms with Crippen LogP contribution in [0.15, 0.2) is 0 Å². The van der Waals surface area contributed by atoms with Crippen molar-refractivity contribution < 1.29 is 53.9 Å². The van der Waals surface area contributed by atoms with Gasteiger partial charge >= 0.3 is 30.2 Å². The normalized spacial score (nSPS) is 10.4. The van der Waals surface area contributed by atoms with Crippen molar-refractivity contribution in [2.75, 3.05) is 0 Å². The van der Waals surface area contributed by atoms with Gasteiger partial charge in [-0.1, -0.05) is 0 Å². The summed E-state index contributed by atoms with van der Waals surface area (Å²) in [7, 11) is 0. The van der Waals surface area contributed by atoms with Gasteiger partial charge in [-0.25, -0.2) is 14.4 Å². The molecule has 106 valence electrons. The second-order valence-corrected chi connectivity index (χ2v) is 3.17. The Morgan fingerprint density at radius 3 is 1.32 bits per heavy atom. The van der Waals surface area contributed by atoms with Gasteiger partial charge in [0.1, 0.15) is 0 Å². The van der Waals surface area contributed by atoms with Crippen LogP contribution in [0.2, 0.25) is 0 Å². The molecular formula is C8H8O11. The zero-order chi connectivity index (χ0) is 15.2. The van der Waals surface area contributed by atoms with Crippen LogP contribution in [-0.4, -0.2) is 56.2 Å². The molecule has 0 aromatic heterocycles. The van der Waals surface area contributed by atoms with Gasteiger partial charge in [-0.05, 0) is 0 Å². The molecule has 0 aliphatic rings. The number of hydrogen-bond acceptors (Lipinski definition) is 8. The van der Waals surface area contributed by atoms with Gasteiger partial charge in [0.25, 0.3) is 0 Å². The third-order valence-corrected chi connectivity index (χ3v) is 1.67. The smallest absolute Gasteiger partial charge is 0.479 e. The van der Waals surface area contributed by atoms with Crippen LogP contribution in [0, 0.1) is 0 Å². The second kappa shape index (κ2) is 6.30. The molecule has 0 aromatic carbocycles. The number of carbonyl (C=O) groups excluding carboxylic acids is 2. The van der Waals surface area contributed by atoms with E-state index in [1.807, 2.05) is 0 Å². The Morgan fingerprint density at radius 1 is 0.789 bits per heavy atom. The first kappa shape index (κ1) is 16.3. The molecule has 11 nitrogen and oxygen atoms in total. The van der Waals surface area contributed by atoms with E-state index < -0.39 is 48.7 Å². The SMILES string of the molecule is O=C(O)OC(=O)CC(O)(CC(=O)OC(=O)O)C(=O)O. The second-order valence-electron chi connectivity index (χ2n) is 3.17. The van der Waals surface area contributed by atoms with Crippen LogP contribution in [0.5, 0.6) is 0 Å². The molecule has 0 atom stereocenters. The Balaban J connectivity index is 4.81. The molecule has 0 bridgehead atoms. The molecule has 0 radical (unpaired) electrons. The minimum absolute atomic E-state index is 1.39. The van der Waals surface area contributed by atoms with Crippen molar-refractivity contribution in [2.45, 2.75) is 18.4 Å². The summed E-state index contributed by atoms with van der Waals surface area (Å²) in [6, 6.07) is 0. The average Bonchev–Trinajstić information content (AvgIpc) is 2.12. The molecule has 11 heteroatoms. The molecule has 0 saturated carbocycles. The Hall–Kier alpha value is -2.69. The first-order valence-corrected chi connectivity index (χ1v) is 4.40. The third-order valence-electron chi connectivity index (χ3n) is 1.67. The van der Waals surface area contributed by atoms with Gasteiger partial charge in [-0.15, -0.1) is 0 Å². The fourth-order valence-corrected chi connectivity index (χ4v) is 0.958. The molecule has 0 rings (SSSR count). The number of ether oxygens (including phenoxy) is 2. The molecule has 4 N–H and O–H groups in total. The number of carboxylic acid groups (broad SMARTS) is 3. The third kappa shape index (κ3) is 5.97. The number of aliphatic hydroxyl groups is 1. The van der Waals surface area contributed by atoms with Gasteiger partial charge in [0.15, 0.2) is 5.60 Å². The highest BCUT2D eigenvalue weighted by Gasteiger charge is 2.42. The van der Waals surface area contributed by atoms with Crippen LogP contribution in [0.4, 0.5) is 9.59 Å². The van der Waals surface area contributed by atoms with Crippen LogP contribution in [0.25, 0.3) is 0 Å². The first-order chi connectivity index (χ1) is 8.56. The predicted octanol–water partition coefficient (Wildman–Crippen LogP) is -0.975. The van der Waals surface area contributed by atoms with Crippen LogP contribution >= 0.6 is 0 Å². The maximum Gasteiger partial charge on any atom is 0.513 e. The molecule has 0 spiro atoms. The topological polar surface area (TPSA) is 185 Å². The molecule has 0 aromatic rings. The summed E-state index contributed by atoms with van der Waals surface area (Å²) in [6.07, 6.45) is -6.84. The summed E-state index contributed by atoms with van der Waals surface area (Å²) in [4.78, 5) is 52.5. The zero-order valence-electron chi connectivity index (χ0n) is 9.06. The van der Waals surface area contributed by atoms with E-state index in [-0.39, 0.29) is 0 Å². The van der Waals surface area contributed by atoms with Crippen LogP contribution in [0.3, 0.4) is 0 Å². The number of aliphatic carboxylic acids is 1. The number of carboxylic acids is 1. The van der Waals surface area contributed by atoms with Crippen molar-refractivity contribution in [3.05, 3.63) is 0 Å². The fourth-order valence-electron chi connectivity index (χ4n) is 0.958. The lowest BCUT2D eigenvalue weighted by atomic mass is 9.96. The van der Waals surface area contributed by atoms with E-state index in [9.17, 15) is 29.1 Å². The highest BCUT2D eigenvalue weighted by molar-refractivity contribution is 5.92. The molecule has 0 aliphatic heterocycles. The number of rotatable bonds is 5. The molecule has 0 heterocycles. The van der Waals surface area contributed by atoms with Crippen molar-refractivity contribution >= 4 is 30.2 Å². The first-order valence-electron chi connectivity index (χ1n) is 4.40. The lowest BCUT2D eigenvalue weighted by molar-refractivity contribution is -0.171. The minimum atomic E-state index is -3.04. The Morgan fingerprint density at radius 2 is 1.11 bits per heavy atom. The van der Waals surface area contributed by atoms with E-state index in [1.165, 1.54) is 0 Å². The summed E-state index contributed by atoms with van der Waals surface area (Å²) < 4.78 is 7.09. The maximum absolute atomic E-state index is 10.9. The largest absolute Gasteiger partial charge is 0.513 e. The van der Waals surface area contributed by atoms with E-state index in [1.54, 1.807) is 0 Å². The van der Waals surface area contributed by atoms with Crippen molar-refractivity contribution in [3.63, 3.8) is 0 Å². The number of hydrogen-bond donors (Lipinski definition) is 4. The van der Waals surface area contributed by atoms with Crippen molar-refractivity contribution in [2.24, 2.45) is 0 Å². The summed E-state index contributed by atoms with van der Waals surface area (Å²) in [5.74, 6) is -5.33. The summed E-state index contributed by atoms with van der Waals surface area (Å²) in [5, 5.41) is 34.3. The standard InChI is InChI=1S/C8H8O11/c9-3(18-6(13)14)1-8(17,5(11)12)2-4(10)19-7(15)16/h17H,1-2H2,(H,11,12)(H,13,14)(H,15,16). The van der Waals surface area contributed by atoms with Crippen molar-refractivity contribution in [3.8, 4) is 0 Å². The van der Waals surface area contributed by atoms with Gasteiger partial charge in [0, 0.05) is 0 Å². The van der Waals surface area contributed by atoms with E-state index >= 15 is 0 Å². The highest BCUT2D eigenvalue weighted by atomic mass is 16.7. The molecule has 0 saturated heterocycles. The monoisotopic (exact) mass is 280 g/mol. The Bertz CT molecular complexity index is 392. The van der Waals surface area contributed by atoms with Crippen LogP contribution < -0.4 is 0 Å². The summed E-state index contributed by atoms with van der Waals surface area (Å²) in [6.45, 7) is 0. The van der Waals surface area contributed by atoms with E-state index in [0.29, 0.717) is 0 Å². The van der Waals surface area contributed by atoms with Crippen LogP contribution in [-0.2, 0) is 23.9 Å². The fraction of sp³-hybridized carbons (Fsp3) is 0.375. The predicted molar refractivity (Wildman–Crippen MR) is 50.1 cm³/mol. The van der Waals surface area contributed by atoms with Gasteiger partial charge in [0.2, 0.25) is 0 Å². The molecule has 0 aliphatic carbocycles. The summed E-state index contributed by atoms with van der Waals surface area (Å²) >= 11 is 0. The van der Waals surface area contributed by atoms with E-state index in [4.69, 9.17) is 15.3 Å².